The predicted octanol–water partition coefficient (Wildman–Crippen LogP) is 2.48. The SMILES string of the molecule is O=C(c1cc2ccccc2[nH]1)N1CCCN2CCCC2C1. The molecular weight excluding hydrogens is 262 g/mol. The van der Waals surface area contributed by atoms with Gasteiger partial charge in [-0.25, -0.2) is 0 Å². The molecule has 1 aromatic carbocycles. The maximum atomic E-state index is 12.8. The highest BCUT2D eigenvalue weighted by Gasteiger charge is 2.31. The molecule has 4 rings (SSSR count). The Morgan fingerprint density at radius 2 is 2.00 bits per heavy atom. The van der Waals surface area contributed by atoms with Crippen LogP contribution < -0.4 is 0 Å². The third kappa shape index (κ3) is 2.33. The predicted molar refractivity (Wildman–Crippen MR) is 83.4 cm³/mol. The molecule has 0 bridgehead atoms. The molecular formula is C17H21N3O. The van der Waals surface area contributed by atoms with E-state index in [9.17, 15) is 4.79 Å². The van der Waals surface area contributed by atoms with Crippen molar-refractivity contribution in [2.75, 3.05) is 26.2 Å². The second kappa shape index (κ2) is 5.19. The second-order valence-corrected chi connectivity index (χ2v) is 6.21. The molecule has 0 radical (unpaired) electrons. The molecule has 1 N–H and O–H groups in total. The molecule has 0 saturated carbocycles. The van der Waals surface area contributed by atoms with Crippen LogP contribution in [0, 0.1) is 0 Å². The van der Waals surface area contributed by atoms with Gasteiger partial charge >= 0.3 is 0 Å². The smallest absolute Gasteiger partial charge is 0.270 e. The molecule has 1 amide bonds. The van der Waals surface area contributed by atoms with Crippen LogP contribution in [-0.2, 0) is 0 Å². The van der Waals surface area contributed by atoms with E-state index in [-0.39, 0.29) is 5.91 Å². The Hall–Kier alpha value is -1.81. The molecule has 3 heterocycles. The van der Waals surface area contributed by atoms with Crippen LogP contribution in [0.3, 0.4) is 0 Å². The van der Waals surface area contributed by atoms with Crippen molar-refractivity contribution < 1.29 is 4.79 Å². The Bertz CT molecular complexity index is 630. The third-order valence-electron chi connectivity index (χ3n) is 4.85. The number of amides is 1. The molecule has 4 nitrogen and oxygen atoms in total. The van der Waals surface area contributed by atoms with Gasteiger partial charge in [-0.3, -0.25) is 9.69 Å². The summed E-state index contributed by atoms with van der Waals surface area (Å²) in [5.41, 5.74) is 1.76. The average Bonchev–Trinajstić information content (AvgIpc) is 3.08. The molecule has 2 saturated heterocycles. The van der Waals surface area contributed by atoms with E-state index in [1.165, 1.54) is 19.4 Å². The Kier molecular flexibility index (Phi) is 3.19. The minimum absolute atomic E-state index is 0.153. The summed E-state index contributed by atoms with van der Waals surface area (Å²) in [7, 11) is 0. The number of carbonyl (C=O) groups excluding carboxylic acids is 1. The van der Waals surface area contributed by atoms with Crippen molar-refractivity contribution in [2.45, 2.75) is 25.3 Å². The molecule has 2 aliphatic rings. The van der Waals surface area contributed by atoms with Crippen molar-refractivity contribution in [3.63, 3.8) is 0 Å². The van der Waals surface area contributed by atoms with Gasteiger partial charge in [-0.05, 0) is 37.9 Å². The number of carbonyl (C=O) groups is 1. The standard InChI is InChI=1S/C17H21N3O/c21-17(16-11-13-5-1-2-7-15(13)18-16)20-10-4-9-19-8-3-6-14(19)12-20/h1-2,5,7,11,14,18H,3-4,6,8-10,12H2. The summed E-state index contributed by atoms with van der Waals surface area (Å²) < 4.78 is 0. The lowest BCUT2D eigenvalue weighted by atomic mass is 10.2. The van der Waals surface area contributed by atoms with Crippen LogP contribution in [-0.4, -0.2) is 52.9 Å². The Morgan fingerprint density at radius 3 is 2.90 bits per heavy atom. The summed E-state index contributed by atoms with van der Waals surface area (Å²) in [6, 6.07) is 10.6. The van der Waals surface area contributed by atoms with E-state index in [1.807, 2.05) is 35.2 Å². The zero-order chi connectivity index (χ0) is 14.2. The first-order valence-electron chi connectivity index (χ1n) is 7.92. The van der Waals surface area contributed by atoms with E-state index in [0.29, 0.717) is 6.04 Å². The second-order valence-electron chi connectivity index (χ2n) is 6.21. The highest BCUT2D eigenvalue weighted by Crippen LogP contribution is 2.23. The lowest BCUT2D eigenvalue weighted by molar-refractivity contribution is 0.0738. The minimum Gasteiger partial charge on any atom is -0.351 e. The summed E-state index contributed by atoms with van der Waals surface area (Å²) in [5, 5.41) is 1.11. The molecule has 2 fully saturated rings. The van der Waals surface area contributed by atoms with E-state index in [4.69, 9.17) is 0 Å². The zero-order valence-corrected chi connectivity index (χ0v) is 12.2. The first-order valence-corrected chi connectivity index (χ1v) is 7.92. The van der Waals surface area contributed by atoms with E-state index in [1.54, 1.807) is 0 Å². The van der Waals surface area contributed by atoms with Crippen molar-refractivity contribution in [1.82, 2.24) is 14.8 Å². The number of nitrogens with zero attached hydrogens (tertiary/aromatic N) is 2. The lowest BCUT2D eigenvalue weighted by Gasteiger charge is -2.25. The highest BCUT2D eigenvalue weighted by atomic mass is 16.2. The third-order valence-corrected chi connectivity index (χ3v) is 4.85. The van der Waals surface area contributed by atoms with Gasteiger partial charge in [0.05, 0.1) is 0 Å². The number of aromatic amines is 1. The first-order chi connectivity index (χ1) is 10.3. The van der Waals surface area contributed by atoms with Crippen LogP contribution in [0.5, 0.6) is 0 Å². The van der Waals surface area contributed by atoms with Crippen molar-refractivity contribution in [2.24, 2.45) is 0 Å². The number of fused-ring (bicyclic) bond motifs is 2. The lowest BCUT2D eigenvalue weighted by Crippen LogP contribution is -2.39. The number of hydrogen-bond donors (Lipinski definition) is 1. The van der Waals surface area contributed by atoms with Gasteiger partial charge in [0, 0.05) is 36.6 Å². The molecule has 0 aliphatic carbocycles. The van der Waals surface area contributed by atoms with Crippen LogP contribution in [0.1, 0.15) is 29.8 Å². The monoisotopic (exact) mass is 283 g/mol. The fourth-order valence-electron chi connectivity index (χ4n) is 3.75. The zero-order valence-electron chi connectivity index (χ0n) is 12.2. The number of para-hydroxylation sites is 1. The van der Waals surface area contributed by atoms with Crippen LogP contribution in [0.2, 0.25) is 0 Å². The van der Waals surface area contributed by atoms with E-state index >= 15 is 0 Å². The Labute approximate surface area is 124 Å². The Balaban J connectivity index is 1.58. The molecule has 1 aromatic heterocycles. The molecule has 1 atom stereocenters. The van der Waals surface area contributed by atoms with Crippen LogP contribution in [0.25, 0.3) is 10.9 Å². The van der Waals surface area contributed by atoms with Gasteiger partial charge in [-0.1, -0.05) is 18.2 Å². The van der Waals surface area contributed by atoms with Gasteiger partial charge < -0.3 is 9.88 Å². The summed E-state index contributed by atoms with van der Waals surface area (Å²) >= 11 is 0. The number of benzene rings is 1. The van der Waals surface area contributed by atoms with Crippen molar-refractivity contribution in [1.29, 1.82) is 0 Å². The first kappa shape index (κ1) is 12.9. The fraction of sp³-hybridized carbons (Fsp3) is 0.471. The Morgan fingerprint density at radius 1 is 1.14 bits per heavy atom. The summed E-state index contributed by atoms with van der Waals surface area (Å²) in [6.45, 7) is 4.11. The largest absolute Gasteiger partial charge is 0.351 e. The van der Waals surface area contributed by atoms with E-state index in [0.717, 1.165) is 42.7 Å². The van der Waals surface area contributed by atoms with Gasteiger partial charge in [0.15, 0.2) is 0 Å². The molecule has 0 spiro atoms. The summed E-state index contributed by atoms with van der Waals surface area (Å²) in [5.74, 6) is 0.153. The maximum Gasteiger partial charge on any atom is 0.270 e. The number of hydrogen-bond acceptors (Lipinski definition) is 2. The van der Waals surface area contributed by atoms with Gasteiger partial charge in [0.1, 0.15) is 5.69 Å². The summed E-state index contributed by atoms with van der Waals surface area (Å²) in [4.78, 5) is 20.7. The van der Waals surface area contributed by atoms with Crippen LogP contribution in [0.4, 0.5) is 0 Å². The number of rotatable bonds is 1. The van der Waals surface area contributed by atoms with Crippen molar-refractivity contribution >= 4 is 16.8 Å². The molecule has 21 heavy (non-hydrogen) atoms. The van der Waals surface area contributed by atoms with Gasteiger partial charge in [0.25, 0.3) is 5.91 Å². The molecule has 2 aliphatic heterocycles. The van der Waals surface area contributed by atoms with E-state index < -0.39 is 0 Å². The highest BCUT2D eigenvalue weighted by molar-refractivity contribution is 5.98. The fourth-order valence-corrected chi connectivity index (χ4v) is 3.75. The molecule has 110 valence electrons. The minimum atomic E-state index is 0.153. The van der Waals surface area contributed by atoms with Crippen LogP contribution >= 0.6 is 0 Å². The summed E-state index contributed by atoms with van der Waals surface area (Å²) in [6.07, 6.45) is 3.60. The van der Waals surface area contributed by atoms with Gasteiger partial charge in [-0.2, -0.15) is 0 Å². The number of nitrogens with one attached hydrogen (secondary N) is 1. The topological polar surface area (TPSA) is 39.3 Å². The number of H-pyrrole nitrogens is 1. The maximum absolute atomic E-state index is 12.8. The normalized spacial score (nSPS) is 23.2. The van der Waals surface area contributed by atoms with Crippen molar-refractivity contribution in [3.05, 3.63) is 36.0 Å². The number of aromatic nitrogens is 1. The average molecular weight is 283 g/mol. The quantitative estimate of drug-likeness (QED) is 0.873. The molecule has 4 heteroatoms. The van der Waals surface area contributed by atoms with Crippen molar-refractivity contribution in [3.8, 4) is 0 Å². The van der Waals surface area contributed by atoms with Gasteiger partial charge in [0.2, 0.25) is 0 Å². The van der Waals surface area contributed by atoms with Gasteiger partial charge in [-0.15, -0.1) is 0 Å². The van der Waals surface area contributed by atoms with E-state index in [2.05, 4.69) is 9.88 Å². The molecule has 2 aromatic rings. The molecule has 1 unspecified atom stereocenters. The van der Waals surface area contributed by atoms with Crippen LogP contribution in [0.15, 0.2) is 30.3 Å².